The van der Waals surface area contributed by atoms with Gasteiger partial charge < -0.3 is 34.2 Å². The first-order valence-corrected chi connectivity index (χ1v) is 7.20. The van der Waals surface area contributed by atoms with E-state index in [1.54, 1.807) is 5.32 Å². The van der Waals surface area contributed by atoms with Crippen LogP contribution in [0.1, 0.15) is 6.42 Å². The van der Waals surface area contributed by atoms with Crippen LogP contribution in [0, 0.1) is 0 Å². The van der Waals surface area contributed by atoms with Gasteiger partial charge in [0.05, 0.1) is 52.9 Å². The van der Waals surface area contributed by atoms with Gasteiger partial charge in [0.2, 0.25) is 0 Å². The Hall–Kier alpha value is -1.43. The molecular weight excluding hydrogens is 339 g/mol. The molecule has 0 heterocycles. The van der Waals surface area contributed by atoms with Crippen LogP contribution in [0.4, 0.5) is 13.2 Å². The summed E-state index contributed by atoms with van der Waals surface area (Å²) in [4.78, 5) is 20.5. The Labute approximate surface area is 137 Å². The van der Waals surface area contributed by atoms with E-state index in [0.717, 1.165) is 0 Å². The lowest BCUT2D eigenvalue weighted by Gasteiger charge is -2.09. The standard InChI is InChI=1S/C13H22F3NO7/c14-13(15,16)12(20)17-2-4-22-6-8-24-10-9-23-7-5-21-3-1-11(18)19/h1-10H2,(H,17,20)(H,18,19)/p-1. The van der Waals surface area contributed by atoms with Crippen molar-refractivity contribution >= 4 is 11.9 Å². The van der Waals surface area contributed by atoms with E-state index in [9.17, 15) is 27.9 Å². The normalized spacial score (nSPS) is 11.5. The van der Waals surface area contributed by atoms with Crippen molar-refractivity contribution in [2.75, 3.05) is 59.4 Å². The van der Waals surface area contributed by atoms with Gasteiger partial charge in [0.15, 0.2) is 0 Å². The highest BCUT2D eigenvalue weighted by Gasteiger charge is 2.38. The van der Waals surface area contributed by atoms with Crippen molar-refractivity contribution < 1.29 is 46.8 Å². The zero-order valence-corrected chi connectivity index (χ0v) is 13.1. The van der Waals surface area contributed by atoms with Crippen molar-refractivity contribution in [3.05, 3.63) is 0 Å². The number of hydrogen-bond donors (Lipinski definition) is 1. The first-order chi connectivity index (χ1) is 11.3. The molecule has 0 atom stereocenters. The summed E-state index contributed by atoms with van der Waals surface area (Å²) < 4.78 is 55.7. The van der Waals surface area contributed by atoms with Crippen LogP contribution in [-0.4, -0.2) is 77.5 Å². The molecule has 0 aromatic carbocycles. The highest BCUT2D eigenvalue weighted by atomic mass is 19.4. The van der Waals surface area contributed by atoms with Gasteiger partial charge in [-0.2, -0.15) is 13.2 Å². The number of hydrogen-bond acceptors (Lipinski definition) is 7. The number of rotatable bonds is 15. The number of ether oxygens (including phenoxy) is 4. The molecule has 0 spiro atoms. The van der Waals surface area contributed by atoms with E-state index in [-0.39, 0.29) is 46.0 Å². The fourth-order valence-electron chi connectivity index (χ4n) is 1.25. The molecule has 0 aliphatic carbocycles. The summed E-state index contributed by atoms with van der Waals surface area (Å²) in [5.41, 5.74) is 0. The maximum Gasteiger partial charge on any atom is 0.471 e. The maximum atomic E-state index is 11.8. The average Bonchev–Trinajstić information content (AvgIpc) is 2.49. The molecule has 0 aliphatic heterocycles. The highest BCUT2D eigenvalue weighted by Crippen LogP contribution is 2.13. The van der Waals surface area contributed by atoms with Gasteiger partial charge in [0.25, 0.3) is 0 Å². The number of carbonyl (C=O) groups is 2. The van der Waals surface area contributed by atoms with Crippen LogP contribution in [0.2, 0.25) is 0 Å². The topological polar surface area (TPSA) is 106 Å². The third kappa shape index (κ3) is 15.5. The number of aliphatic carboxylic acids is 1. The van der Waals surface area contributed by atoms with Crippen LogP contribution in [0.15, 0.2) is 0 Å². The molecule has 0 unspecified atom stereocenters. The monoisotopic (exact) mass is 360 g/mol. The zero-order valence-electron chi connectivity index (χ0n) is 13.1. The van der Waals surface area contributed by atoms with Gasteiger partial charge in [0.1, 0.15) is 0 Å². The Kier molecular flexibility index (Phi) is 13.1. The van der Waals surface area contributed by atoms with Crippen molar-refractivity contribution in [1.82, 2.24) is 5.32 Å². The van der Waals surface area contributed by atoms with E-state index in [4.69, 9.17) is 18.9 Å². The van der Waals surface area contributed by atoms with Gasteiger partial charge in [-0.25, -0.2) is 0 Å². The summed E-state index contributed by atoms with van der Waals surface area (Å²) in [5.74, 6) is -3.17. The van der Waals surface area contributed by atoms with E-state index in [2.05, 4.69) is 0 Å². The minimum atomic E-state index is -4.89. The van der Waals surface area contributed by atoms with E-state index >= 15 is 0 Å². The van der Waals surface area contributed by atoms with Gasteiger partial charge in [-0.05, 0) is 0 Å². The van der Waals surface area contributed by atoms with Crippen molar-refractivity contribution in [3.63, 3.8) is 0 Å². The van der Waals surface area contributed by atoms with Crippen molar-refractivity contribution in [2.24, 2.45) is 0 Å². The van der Waals surface area contributed by atoms with Crippen molar-refractivity contribution in [1.29, 1.82) is 0 Å². The lowest BCUT2D eigenvalue weighted by atomic mass is 10.5. The molecule has 0 aliphatic rings. The third-order valence-corrected chi connectivity index (χ3v) is 2.36. The number of carboxylic acids is 1. The van der Waals surface area contributed by atoms with Crippen LogP contribution >= 0.6 is 0 Å². The number of halogens is 3. The summed E-state index contributed by atoms with van der Waals surface area (Å²) in [7, 11) is 0. The van der Waals surface area contributed by atoms with Crippen LogP contribution < -0.4 is 10.4 Å². The molecule has 0 fully saturated rings. The number of carboxylic acid groups (broad SMARTS) is 1. The Morgan fingerprint density at radius 2 is 1.21 bits per heavy atom. The van der Waals surface area contributed by atoms with Crippen LogP contribution in [0.5, 0.6) is 0 Å². The second kappa shape index (κ2) is 14.0. The molecule has 142 valence electrons. The molecule has 0 bridgehead atoms. The van der Waals surface area contributed by atoms with E-state index in [1.165, 1.54) is 0 Å². The molecule has 0 saturated heterocycles. The predicted molar refractivity (Wildman–Crippen MR) is 72.0 cm³/mol. The Bertz CT molecular complexity index is 353. The molecule has 1 N–H and O–H groups in total. The maximum absolute atomic E-state index is 11.8. The Morgan fingerprint density at radius 3 is 1.62 bits per heavy atom. The van der Waals surface area contributed by atoms with Crippen LogP contribution in [0.3, 0.4) is 0 Å². The number of carbonyl (C=O) groups excluding carboxylic acids is 2. The minimum absolute atomic E-state index is 0.0507. The van der Waals surface area contributed by atoms with Gasteiger partial charge >= 0.3 is 12.1 Å². The lowest BCUT2D eigenvalue weighted by Crippen LogP contribution is -2.38. The zero-order chi connectivity index (χ0) is 18.3. The van der Waals surface area contributed by atoms with Gasteiger partial charge in [-0.15, -0.1) is 0 Å². The fraction of sp³-hybridized carbons (Fsp3) is 0.846. The van der Waals surface area contributed by atoms with Crippen LogP contribution in [0.25, 0.3) is 0 Å². The molecule has 0 aromatic rings. The van der Waals surface area contributed by atoms with Gasteiger partial charge in [-0.3, -0.25) is 4.79 Å². The first kappa shape index (κ1) is 22.6. The molecule has 0 rings (SSSR count). The summed E-state index contributed by atoms with van der Waals surface area (Å²) >= 11 is 0. The molecule has 1 amide bonds. The fourth-order valence-corrected chi connectivity index (χ4v) is 1.25. The summed E-state index contributed by atoms with van der Waals surface area (Å²) in [6.45, 7) is 1.37. The molecule has 0 aromatic heterocycles. The Morgan fingerprint density at radius 1 is 0.792 bits per heavy atom. The SMILES string of the molecule is O=C([O-])CCOCCOCCOCCOCCNC(=O)C(F)(F)F. The smallest absolute Gasteiger partial charge is 0.471 e. The van der Waals surface area contributed by atoms with E-state index in [1.807, 2.05) is 0 Å². The minimum Gasteiger partial charge on any atom is -0.550 e. The predicted octanol–water partition coefficient (Wildman–Crippen LogP) is -1.13. The molecule has 0 saturated carbocycles. The summed E-state index contributed by atoms with van der Waals surface area (Å²) in [6.07, 6.45) is -5.05. The molecule has 11 heteroatoms. The lowest BCUT2D eigenvalue weighted by molar-refractivity contribution is -0.306. The highest BCUT2D eigenvalue weighted by molar-refractivity contribution is 5.81. The Balaban J connectivity index is 3.15. The molecule has 8 nitrogen and oxygen atoms in total. The quantitative estimate of drug-likeness (QED) is 0.368. The van der Waals surface area contributed by atoms with Gasteiger partial charge in [-0.1, -0.05) is 0 Å². The summed E-state index contributed by atoms with van der Waals surface area (Å²) in [6, 6.07) is 0. The van der Waals surface area contributed by atoms with E-state index in [0.29, 0.717) is 19.8 Å². The average molecular weight is 360 g/mol. The van der Waals surface area contributed by atoms with Crippen molar-refractivity contribution in [3.8, 4) is 0 Å². The van der Waals surface area contributed by atoms with E-state index < -0.39 is 18.1 Å². The largest absolute Gasteiger partial charge is 0.550 e. The number of alkyl halides is 3. The first-order valence-electron chi connectivity index (χ1n) is 7.20. The van der Waals surface area contributed by atoms with Crippen molar-refractivity contribution in [2.45, 2.75) is 12.6 Å². The second-order valence-electron chi connectivity index (χ2n) is 4.33. The van der Waals surface area contributed by atoms with Crippen LogP contribution in [-0.2, 0) is 28.5 Å². The summed E-state index contributed by atoms with van der Waals surface area (Å²) in [5, 5.41) is 11.7. The molecule has 0 radical (unpaired) electrons. The second-order valence-corrected chi connectivity index (χ2v) is 4.33. The molecular formula is C13H21F3NO7-. The van der Waals surface area contributed by atoms with Gasteiger partial charge in [0, 0.05) is 18.9 Å². The number of nitrogens with one attached hydrogen (secondary N) is 1. The third-order valence-electron chi connectivity index (χ3n) is 2.36. The molecule has 24 heavy (non-hydrogen) atoms. The number of amides is 1.